The van der Waals surface area contributed by atoms with Gasteiger partial charge in [0.1, 0.15) is 5.75 Å². The van der Waals surface area contributed by atoms with Crippen LogP contribution in [0, 0.1) is 10.1 Å². The normalized spacial score (nSPS) is 16.2. The standard InChI is InChI=1S/C13H14N4O3/c1-3-20-12-7-5-4-6-10(12)13-15-11(8-14-16-13)9(2)17(18)19/h4-8H,3H2,1-2H3,(H,15,16)/b11-9-. The fourth-order valence-electron chi connectivity index (χ4n) is 1.66. The summed E-state index contributed by atoms with van der Waals surface area (Å²) in [7, 11) is 0. The maximum absolute atomic E-state index is 10.8. The van der Waals surface area contributed by atoms with E-state index in [1.165, 1.54) is 13.1 Å². The number of hydrogen-bond acceptors (Lipinski definition) is 6. The van der Waals surface area contributed by atoms with Gasteiger partial charge in [0.15, 0.2) is 11.5 Å². The van der Waals surface area contributed by atoms with Crippen molar-refractivity contribution in [3.63, 3.8) is 0 Å². The summed E-state index contributed by atoms with van der Waals surface area (Å²) >= 11 is 0. The first-order valence-electron chi connectivity index (χ1n) is 6.08. The Morgan fingerprint density at radius 1 is 1.45 bits per heavy atom. The smallest absolute Gasteiger partial charge is 0.270 e. The van der Waals surface area contributed by atoms with E-state index in [0.29, 0.717) is 23.8 Å². The van der Waals surface area contributed by atoms with Gasteiger partial charge in [0.2, 0.25) is 0 Å². The first-order chi connectivity index (χ1) is 9.63. The van der Waals surface area contributed by atoms with Gasteiger partial charge in [-0.2, -0.15) is 5.10 Å². The minimum absolute atomic E-state index is 0.0540. The number of para-hydroxylation sites is 1. The zero-order valence-corrected chi connectivity index (χ0v) is 11.2. The molecule has 1 aliphatic heterocycles. The van der Waals surface area contributed by atoms with E-state index in [0.717, 1.165) is 0 Å². The summed E-state index contributed by atoms with van der Waals surface area (Å²) in [5, 5.41) is 14.7. The molecule has 1 aliphatic rings. The van der Waals surface area contributed by atoms with Crippen LogP contribution >= 0.6 is 0 Å². The Labute approximate surface area is 115 Å². The minimum atomic E-state index is -0.484. The lowest BCUT2D eigenvalue weighted by atomic mass is 10.1. The molecule has 104 valence electrons. The number of rotatable bonds is 4. The Kier molecular flexibility index (Phi) is 4.09. The number of ether oxygens (including phenoxy) is 1. The lowest BCUT2D eigenvalue weighted by molar-refractivity contribution is -0.425. The van der Waals surface area contributed by atoms with Gasteiger partial charge in [0.05, 0.1) is 23.3 Å². The van der Waals surface area contributed by atoms with Gasteiger partial charge in [-0.1, -0.05) is 12.1 Å². The summed E-state index contributed by atoms with van der Waals surface area (Å²) in [5.41, 5.74) is 3.61. The number of amidine groups is 1. The molecule has 0 spiro atoms. The summed E-state index contributed by atoms with van der Waals surface area (Å²) in [6.07, 6.45) is 1.32. The zero-order chi connectivity index (χ0) is 14.5. The van der Waals surface area contributed by atoms with Gasteiger partial charge in [-0.3, -0.25) is 15.5 Å². The second-order valence-electron chi connectivity index (χ2n) is 3.99. The molecule has 0 aromatic heterocycles. The van der Waals surface area contributed by atoms with Crippen LogP contribution in [-0.4, -0.2) is 23.6 Å². The molecule has 7 heteroatoms. The summed E-state index contributed by atoms with van der Waals surface area (Å²) in [6.45, 7) is 3.79. The largest absolute Gasteiger partial charge is 0.493 e. The molecule has 0 atom stereocenters. The number of nitro groups is 1. The summed E-state index contributed by atoms with van der Waals surface area (Å²) in [6, 6.07) is 7.31. The van der Waals surface area contributed by atoms with Crippen LogP contribution in [0.3, 0.4) is 0 Å². The fourth-order valence-corrected chi connectivity index (χ4v) is 1.66. The van der Waals surface area contributed by atoms with Crippen molar-refractivity contribution >= 4 is 12.1 Å². The maximum Gasteiger partial charge on any atom is 0.270 e. The van der Waals surface area contributed by atoms with E-state index in [1.54, 1.807) is 0 Å². The Balaban J connectivity index is 2.44. The van der Waals surface area contributed by atoms with E-state index in [4.69, 9.17) is 4.74 Å². The molecule has 7 nitrogen and oxygen atoms in total. The molecule has 0 saturated carbocycles. The average Bonchev–Trinajstić information content (AvgIpc) is 2.47. The van der Waals surface area contributed by atoms with Crippen molar-refractivity contribution in [2.75, 3.05) is 6.61 Å². The molecule has 0 fully saturated rings. The van der Waals surface area contributed by atoms with Crippen LogP contribution < -0.4 is 10.2 Å². The van der Waals surface area contributed by atoms with Crippen LogP contribution in [0.25, 0.3) is 0 Å². The van der Waals surface area contributed by atoms with Gasteiger partial charge in [-0.15, -0.1) is 0 Å². The van der Waals surface area contributed by atoms with E-state index in [9.17, 15) is 10.1 Å². The highest BCUT2D eigenvalue weighted by Crippen LogP contribution is 2.20. The highest BCUT2D eigenvalue weighted by atomic mass is 16.6. The summed E-state index contributed by atoms with van der Waals surface area (Å²) in [4.78, 5) is 14.5. The van der Waals surface area contributed by atoms with Gasteiger partial charge in [-0.05, 0) is 19.1 Å². The van der Waals surface area contributed by atoms with Crippen LogP contribution in [0.2, 0.25) is 0 Å². The van der Waals surface area contributed by atoms with E-state index < -0.39 is 4.92 Å². The lowest BCUT2D eigenvalue weighted by Crippen LogP contribution is -2.24. The molecule has 2 rings (SSSR count). The van der Waals surface area contributed by atoms with E-state index >= 15 is 0 Å². The Morgan fingerprint density at radius 3 is 2.90 bits per heavy atom. The molecular weight excluding hydrogens is 260 g/mol. The number of hydrazone groups is 1. The highest BCUT2D eigenvalue weighted by Gasteiger charge is 2.17. The van der Waals surface area contributed by atoms with Crippen molar-refractivity contribution in [3.05, 3.63) is 51.3 Å². The van der Waals surface area contributed by atoms with Crippen molar-refractivity contribution < 1.29 is 9.66 Å². The molecular formula is C13H14N4O3. The summed E-state index contributed by atoms with van der Waals surface area (Å²) in [5.74, 6) is 1.07. The molecule has 0 radical (unpaired) electrons. The second kappa shape index (κ2) is 5.96. The predicted molar refractivity (Wildman–Crippen MR) is 75.5 cm³/mol. The quantitative estimate of drug-likeness (QED) is 0.671. The molecule has 0 unspecified atom stereocenters. The van der Waals surface area contributed by atoms with Crippen molar-refractivity contribution in [1.82, 2.24) is 5.43 Å². The molecule has 1 aromatic carbocycles. The zero-order valence-electron chi connectivity index (χ0n) is 11.2. The van der Waals surface area contributed by atoms with Crippen LogP contribution in [0.5, 0.6) is 5.75 Å². The number of benzene rings is 1. The van der Waals surface area contributed by atoms with Crippen molar-refractivity contribution in [2.45, 2.75) is 13.8 Å². The Hall–Kier alpha value is -2.70. The lowest BCUT2D eigenvalue weighted by Gasteiger charge is -2.14. The molecule has 0 saturated heterocycles. The van der Waals surface area contributed by atoms with Crippen molar-refractivity contribution in [2.24, 2.45) is 10.1 Å². The third kappa shape index (κ3) is 2.82. The van der Waals surface area contributed by atoms with Gasteiger partial charge >= 0.3 is 0 Å². The molecule has 0 bridgehead atoms. The molecule has 1 aromatic rings. The number of aliphatic imine (C=N–C) groups is 1. The molecule has 20 heavy (non-hydrogen) atoms. The topological polar surface area (TPSA) is 89.1 Å². The SMILES string of the molecule is CCOc1ccccc1C1=N/C(=C(/C)[N+](=O)[O-])C=NN1. The molecule has 0 aliphatic carbocycles. The van der Waals surface area contributed by atoms with Gasteiger partial charge in [-0.25, -0.2) is 4.99 Å². The predicted octanol–water partition coefficient (Wildman–Crippen LogP) is 1.93. The molecule has 0 amide bonds. The average molecular weight is 274 g/mol. The van der Waals surface area contributed by atoms with Crippen LogP contribution in [0.15, 0.2) is 45.8 Å². The monoisotopic (exact) mass is 274 g/mol. The second-order valence-corrected chi connectivity index (χ2v) is 3.99. The summed E-state index contributed by atoms with van der Waals surface area (Å²) < 4.78 is 5.51. The van der Waals surface area contributed by atoms with Gasteiger partial charge in [0, 0.05) is 6.92 Å². The van der Waals surface area contributed by atoms with E-state index in [2.05, 4.69) is 15.5 Å². The fraction of sp³-hybridized carbons (Fsp3) is 0.231. The third-order valence-corrected chi connectivity index (χ3v) is 2.68. The van der Waals surface area contributed by atoms with Crippen molar-refractivity contribution in [3.8, 4) is 5.75 Å². The first kappa shape index (κ1) is 13.7. The number of hydrogen-bond donors (Lipinski definition) is 1. The van der Waals surface area contributed by atoms with Crippen LogP contribution in [-0.2, 0) is 0 Å². The number of nitrogens with one attached hydrogen (secondary N) is 1. The third-order valence-electron chi connectivity index (χ3n) is 2.68. The minimum Gasteiger partial charge on any atom is -0.493 e. The van der Waals surface area contributed by atoms with Gasteiger partial charge < -0.3 is 4.74 Å². The molecule has 1 heterocycles. The number of allylic oxidation sites excluding steroid dienone is 2. The Bertz CT molecular complexity index is 620. The number of nitrogens with zero attached hydrogens (tertiary/aromatic N) is 3. The van der Waals surface area contributed by atoms with Crippen LogP contribution in [0.1, 0.15) is 19.4 Å². The first-order valence-corrected chi connectivity index (χ1v) is 6.08. The van der Waals surface area contributed by atoms with Gasteiger partial charge in [0.25, 0.3) is 5.70 Å². The van der Waals surface area contributed by atoms with Crippen molar-refractivity contribution in [1.29, 1.82) is 0 Å². The van der Waals surface area contributed by atoms with Crippen LogP contribution in [0.4, 0.5) is 0 Å². The maximum atomic E-state index is 10.8. The Morgan fingerprint density at radius 2 is 2.20 bits per heavy atom. The van der Waals surface area contributed by atoms with E-state index in [1.807, 2.05) is 31.2 Å². The van der Waals surface area contributed by atoms with E-state index in [-0.39, 0.29) is 11.4 Å². The highest BCUT2D eigenvalue weighted by molar-refractivity contribution is 6.05. The molecule has 1 N–H and O–H groups in total.